The van der Waals surface area contributed by atoms with Crippen molar-refractivity contribution >= 4 is 45.9 Å². The van der Waals surface area contributed by atoms with Crippen LogP contribution in [0.4, 0.5) is 5.69 Å². The minimum atomic E-state index is -0.527. The van der Waals surface area contributed by atoms with Gasteiger partial charge < -0.3 is 10.2 Å². The molecule has 0 unspecified atom stereocenters. The SMILES string of the molecule is O=C(CSc1nc(-c2ccc(O)c(O)c2)cs1)c1cc([N+](=O)[O-])cs1. The van der Waals surface area contributed by atoms with Crippen molar-refractivity contribution < 1.29 is 19.9 Å². The molecule has 0 aliphatic heterocycles. The van der Waals surface area contributed by atoms with Gasteiger partial charge in [-0.3, -0.25) is 14.9 Å². The van der Waals surface area contributed by atoms with E-state index in [1.54, 1.807) is 11.4 Å². The van der Waals surface area contributed by atoms with Crippen molar-refractivity contribution in [2.75, 3.05) is 5.75 Å². The highest BCUT2D eigenvalue weighted by Crippen LogP contribution is 2.33. The maximum absolute atomic E-state index is 12.1. The van der Waals surface area contributed by atoms with Gasteiger partial charge in [0.2, 0.25) is 0 Å². The van der Waals surface area contributed by atoms with Gasteiger partial charge in [-0.05, 0) is 18.2 Å². The number of carbonyl (C=O) groups is 1. The van der Waals surface area contributed by atoms with Crippen LogP contribution in [-0.4, -0.2) is 31.7 Å². The van der Waals surface area contributed by atoms with E-state index >= 15 is 0 Å². The first-order chi connectivity index (χ1) is 11.9. The summed E-state index contributed by atoms with van der Waals surface area (Å²) < 4.78 is 0.668. The molecular formula is C15H10N2O5S3. The third kappa shape index (κ3) is 3.98. The molecule has 0 radical (unpaired) electrons. The van der Waals surface area contributed by atoms with E-state index in [9.17, 15) is 25.1 Å². The van der Waals surface area contributed by atoms with E-state index in [0.717, 1.165) is 11.3 Å². The Labute approximate surface area is 153 Å². The average Bonchev–Trinajstić information content (AvgIpc) is 3.24. The first kappa shape index (κ1) is 17.4. The molecule has 0 saturated heterocycles. The number of aromatic hydroxyl groups is 2. The molecule has 0 fully saturated rings. The highest BCUT2D eigenvalue weighted by Gasteiger charge is 2.16. The minimum absolute atomic E-state index is 0.0815. The normalized spacial score (nSPS) is 10.7. The fourth-order valence-corrected chi connectivity index (χ4v) is 4.51. The number of nitrogens with zero attached hydrogens (tertiary/aromatic N) is 2. The van der Waals surface area contributed by atoms with Crippen LogP contribution in [0.25, 0.3) is 11.3 Å². The van der Waals surface area contributed by atoms with Crippen molar-refractivity contribution in [1.29, 1.82) is 0 Å². The monoisotopic (exact) mass is 394 g/mol. The summed E-state index contributed by atoms with van der Waals surface area (Å²) in [5.41, 5.74) is 1.20. The number of carbonyl (C=O) groups excluding carboxylic acids is 1. The summed E-state index contributed by atoms with van der Waals surface area (Å²) in [5.74, 6) is -0.494. The number of rotatable bonds is 6. The number of phenols is 2. The number of thioether (sulfide) groups is 1. The van der Waals surface area contributed by atoms with Gasteiger partial charge in [0.1, 0.15) is 0 Å². The van der Waals surface area contributed by atoms with E-state index in [0.29, 0.717) is 20.5 Å². The Hall–Kier alpha value is -2.43. The highest BCUT2D eigenvalue weighted by molar-refractivity contribution is 8.01. The van der Waals surface area contributed by atoms with E-state index < -0.39 is 4.92 Å². The third-order valence-electron chi connectivity index (χ3n) is 3.15. The topological polar surface area (TPSA) is 114 Å². The lowest BCUT2D eigenvalue weighted by molar-refractivity contribution is -0.384. The minimum Gasteiger partial charge on any atom is -0.504 e. The number of aromatic nitrogens is 1. The van der Waals surface area contributed by atoms with Crippen LogP contribution in [0.5, 0.6) is 11.5 Å². The fourth-order valence-electron chi connectivity index (χ4n) is 1.91. The van der Waals surface area contributed by atoms with Gasteiger partial charge in [-0.2, -0.15) is 0 Å². The summed E-state index contributed by atoms with van der Waals surface area (Å²) >= 11 is 3.65. The third-order valence-corrected chi connectivity index (χ3v) is 6.13. The molecule has 0 aliphatic rings. The Kier molecular flexibility index (Phi) is 5.02. The molecule has 3 rings (SSSR count). The largest absolute Gasteiger partial charge is 0.504 e. The number of phenolic OH excluding ortho intramolecular Hbond substituents is 2. The quantitative estimate of drug-likeness (QED) is 0.212. The van der Waals surface area contributed by atoms with Crippen molar-refractivity contribution in [2.24, 2.45) is 0 Å². The second-order valence-corrected chi connectivity index (χ2v) is 7.83. The Bertz CT molecular complexity index is 950. The second kappa shape index (κ2) is 7.21. The van der Waals surface area contributed by atoms with Crippen molar-refractivity contribution in [1.82, 2.24) is 4.98 Å². The van der Waals surface area contributed by atoms with Gasteiger partial charge in [0.05, 0.1) is 26.6 Å². The first-order valence-corrected chi connectivity index (χ1v) is 9.55. The highest BCUT2D eigenvalue weighted by atomic mass is 32.2. The number of benzene rings is 1. The van der Waals surface area contributed by atoms with E-state index in [1.165, 1.54) is 46.7 Å². The average molecular weight is 394 g/mol. The fraction of sp³-hybridized carbons (Fsp3) is 0.0667. The summed E-state index contributed by atoms with van der Waals surface area (Å²) in [6, 6.07) is 5.70. The Morgan fingerprint density at radius 2 is 2.00 bits per heavy atom. The number of Topliss-reactive ketones (excluding diaryl/α,β-unsaturated/α-hetero) is 1. The number of thiophene rings is 1. The van der Waals surface area contributed by atoms with E-state index in [4.69, 9.17) is 0 Å². The number of thiazole rings is 1. The zero-order chi connectivity index (χ0) is 18.0. The lowest BCUT2D eigenvalue weighted by Crippen LogP contribution is -1.99. The predicted octanol–water partition coefficient (Wildman–Crippen LogP) is 4.17. The number of nitro groups is 1. The Morgan fingerprint density at radius 3 is 2.68 bits per heavy atom. The van der Waals surface area contributed by atoms with Gasteiger partial charge in [-0.25, -0.2) is 4.98 Å². The van der Waals surface area contributed by atoms with Crippen LogP contribution in [0.15, 0.2) is 39.4 Å². The van der Waals surface area contributed by atoms with Crippen LogP contribution >= 0.6 is 34.4 Å². The van der Waals surface area contributed by atoms with Crippen molar-refractivity contribution in [3.63, 3.8) is 0 Å². The zero-order valence-corrected chi connectivity index (χ0v) is 14.9. The maximum Gasteiger partial charge on any atom is 0.280 e. The zero-order valence-electron chi connectivity index (χ0n) is 12.4. The molecule has 0 saturated carbocycles. The molecule has 0 bridgehead atoms. The summed E-state index contributed by atoms with van der Waals surface area (Å²) in [5, 5.41) is 32.7. The van der Waals surface area contributed by atoms with E-state index in [-0.39, 0.29) is 28.7 Å². The number of hydrogen-bond acceptors (Lipinski definition) is 9. The van der Waals surface area contributed by atoms with E-state index in [1.807, 2.05) is 0 Å². The van der Waals surface area contributed by atoms with Crippen LogP contribution in [0, 0.1) is 10.1 Å². The molecule has 0 aliphatic carbocycles. The molecule has 2 heterocycles. The smallest absolute Gasteiger partial charge is 0.280 e. The standard InChI is InChI=1S/C15H10N2O5S3/c18-11-2-1-8(3-12(11)19)10-6-24-15(16-10)25-7-13(20)14-4-9(5-23-14)17(21)22/h1-6,18-19H,7H2. The van der Waals surface area contributed by atoms with Crippen molar-refractivity contribution in [2.45, 2.75) is 4.34 Å². The van der Waals surface area contributed by atoms with Crippen LogP contribution in [0.3, 0.4) is 0 Å². The van der Waals surface area contributed by atoms with Gasteiger partial charge in [-0.1, -0.05) is 11.8 Å². The molecular weight excluding hydrogens is 384 g/mol. The molecule has 128 valence electrons. The number of ketones is 1. The summed E-state index contributed by atoms with van der Waals surface area (Å²) in [4.78, 5) is 27.0. The van der Waals surface area contributed by atoms with Gasteiger partial charge in [0.25, 0.3) is 5.69 Å². The lowest BCUT2D eigenvalue weighted by Gasteiger charge is -2.00. The molecule has 10 heteroatoms. The number of hydrogen-bond donors (Lipinski definition) is 2. The predicted molar refractivity (Wildman–Crippen MR) is 96.9 cm³/mol. The lowest BCUT2D eigenvalue weighted by atomic mass is 10.1. The molecule has 0 spiro atoms. The van der Waals surface area contributed by atoms with Crippen LogP contribution < -0.4 is 0 Å². The molecule has 2 N–H and O–H groups in total. The molecule has 0 atom stereocenters. The maximum atomic E-state index is 12.1. The van der Waals surface area contributed by atoms with Gasteiger partial charge in [-0.15, -0.1) is 22.7 Å². The molecule has 1 aromatic carbocycles. The summed E-state index contributed by atoms with van der Waals surface area (Å²) in [7, 11) is 0. The first-order valence-electron chi connectivity index (χ1n) is 6.81. The Balaban J connectivity index is 1.65. The van der Waals surface area contributed by atoms with Crippen LogP contribution in [0.1, 0.15) is 9.67 Å². The molecule has 3 aromatic rings. The van der Waals surface area contributed by atoms with Gasteiger partial charge >= 0.3 is 0 Å². The second-order valence-electron chi connectivity index (χ2n) is 4.84. The van der Waals surface area contributed by atoms with E-state index in [2.05, 4.69) is 4.98 Å². The van der Waals surface area contributed by atoms with Gasteiger partial charge in [0, 0.05) is 17.0 Å². The summed E-state index contributed by atoms with van der Waals surface area (Å²) in [6.07, 6.45) is 0. The van der Waals surface area contributed by atoms with Crippen molar-refractivity contribution in [3.05, 3.63) is 50.0 Å². The molecule has 25 heavy (non-hydrogen) atoms. The molecule has 2 aromatic heterocycles. The van der Waals surface area contributed by atoms with Gasteiger partial charge in [0.15, 0.2) is 21.6 Å². The van der Waals surface area contributed by atoms with Crippen LogP contribution in [0.2, 0.25) is 0 Å². The van der Waals surface area contributed by atoms with Crippen molar-refractivity contribution in [3.8, 4) is 22.8 Å². The van der Waals surface area contributed by atoms with Crippen LogP contribution in [-0.2, 0) is 0 Å². The molecule has 0 amide bonds. The molecule has 7 nitrogen and oxygen atoms in total. The summed E-state index contributed by atoms with van der Waals surface area (Å²) in [6.45, 7) is 0. The Morgan fingerprint density at radius 1 is 1.20 bits per heavy atom.